The molecule has 0 bridgehead atoms. The summed E-state index contributed by atoms with van der Waals surface area (Å²) in [7, 11) is 0. The summed E-state index contributed by atoms with van der Waals surface area (Å²) < 4.78 is 4.64. The predicted octanol–water partition coefficient (Wildman–Crippen LogP) is 0.772. The number of esters is 1. The number of carbonyl (C=O) groups is 1. The van der Waals surface area contributed by atoms with Crippen LogP contribution >= 0.6 is 11.3 Å². The van der Waals surface area contributed by atoms with Gasteiger partial charge in [0.2, 0.25) is 0 Å². The van der Waals surface area contributed by atoms with E-state index in [0.717, 1.165) is 5.01 Å². The van der Waals surface area contributed by atoms with Crippen molar-refractivity contribution in [3.05, 3.63) is 5.01 Å². The lowest BCUT2D eigenvalue weighted by atomic mass is 10.8. The van der Waals surface area contributed by atoms with Crippen LogP contribution in [-0.4, -0.2) is 16.2 Å². The molecule has 0 atom stereocenters. The van der Waals surface area contributed by atoms with Crippen LogP contribution < -0.4 is 4.74 Å². The van der Waals surface area contributed by atoms with Crippen LogP contribution in [0.1, 0.15) is 11.9 Å². The number of ether oxygens (including phenoxy) is 1. The Labute approximate surface area is 61.8 Å². The van der Waals surface area contributed by atoms with Gasteiger partial charge in [-0.05, 0) is 6.92 Å². The molecule has 0 radical (unpaired) electrons. The molecule has 1 rings (SSSR count). The molecule has 1 aromatic heterocycles. The third-order valence-electron chi connectivity index (χ3n) is 0.739. The van der Waals surface area contributed by atoms with E-state index >= 15 is 0 Å². The zero-order valence-corrected chi connectivity index (χ0v) is 6.44. The quantitative estimate of drug-likeness (QED) is 0.566. The van der Waals surface area contributed by atoms with E-state index in [1.165, 1.54) is 18.3 Å². The fourth-order valence-electron chi connectivity index (χ4n) is 0.443. The molecule has 1 aromatic rings. The summed E-state index contributed by atoms with van der Waals surface area (Å²) in [5, 5.41) is 8.34. The Balaban J connectivity index is 2.67. The highest BCUT2D eigenvalue weighted by Gasteiger charge is 2.02. The van der Waals surface area contributed by atoms with Crippen molar-refractivity contribution in [1.82, 2.24) is 10.2 Å². The van der Waals surface area contributed by atoms with Crippen LogP contribution in [-0.2, 0) is 4.79 Å². The van der Waals surface area contributed by atoms with Crippen molar-refractivity contribution in [2.24, 2.45) is 0 Å². The van der Waals surface area contributed by atoms with Crippen LogP contribution in [0.2, 0.25) is 0 Å². The van der Waals surface area contributed by atoms with Gasteiger partial charge in [0.1, 0.15) is 5.01 Å². The summed E-state index contributed by atoms with van der Waals surface area (Å²) in [6.07, 6.45) is 0. The number of hydrogen-bond donors (Lipinski definition) is 0. The molecule has 0 spiro atoms. The van der Waals surface area contributed by atoms with Gasteiger partial charge in [-0.1, -0.05) is 16.4 Å². The Morgan fingerprint density at radius 2 is 2.30 bits per heavy atom. The second-order valence-electron chi connectivity index (χ2n) is 1.68. The molecule has 0 fully saturated rings. The standard InChI is InChI=1S/C5H6N2O2S/c1-3-6-7-5(10-3)9-4(2)8/h1-2H3. The fourth-order valence-corrected chi connectivity index (χ4v) is 1.02. The lowest BCUT2D eigenvalue weighted by molar-refractivity contribution is -0.131. The van der Waals surface area contributed by atoms with Crippen molar-refractivity contribution in [3.63, 3.8) is 0 Å². The van der Waals surface area contributed by atoms with Crippen molar-refractivity contribution >= 4 is 17.3 Å². The summed E-state index contributed by atoms with van der Waals surface area (Å²) in [5.41, 5.74) is 0. The summed E-state index contributed by atoms with van der Waals surface area (Å²) >= 11 is 1.25. The van der Waals surface area contributed by atoms with E-state index in [2.05, 4.69) is 14.9 Å². The average Bonchev–Trinajstić information content (AvgIpc) is 2.13. The molecule has 0 unspecified atom stereocenters. The number of nitrogens with zero attached hydrogens (tertiary/aromatic N) is 2. The Kier molecular flexibility index (Phi) is 1.96. The summed E-state index contributed by atoms with van der Waals surface area (Å²) in [4.78, 5) is 10.3. The van der Waals surface area contributed by atoms with Crippen LogP contribution in [0.5, 0.6) is 5.19 Å². The Morgan fingerprint density at radius 1 is 1.60 bits per heavy atom. The molecule has 0 amide bonds. The molecule has 54 valence electrons. The van der Waals surface area contributed by atoms with E-state index in [4.69, 9.17) is 0 Å². The van der Waals surface area contributed by atoms with Crippen molar-refractivity contribution in [2.45, 2.75) is 13.8 Å². The lowest BCUT2D eigenvalue weighted by Gasteiger charge is -1.89. The molecule has 0 aliphatic heterocycles. The van der Waals surface area contributed by atoms with Crippen molar-refractivity contribution < 1.29 is 9.53 Å². The van der Waals surface area contributed by atoms with E-state index in [-0.39, 0.29) is 5.97 Å². The second-order valence-corrected chi connectivity index (χ2v) is 2.82. The highest BCUT2D eigenvalue weighted by Crippen LogP contribution is 2.15. The van der Waals surface area contributed by atoms with E-state index in [9.17, 15) is 4.79 Å². The third-order valence-corrected chi connectivity index (χ3v) is 1.46. The maximum atomic E-state index is 10.3. The molecule has 0 aliphatic rings. The van der Waals surface area contributed by atoms with E-state index in [0.29, 0.717) is 5.19 Å². The first-order valence-electron chi connectivity index (χ1n) is 2.67. The van der Waals surface area contributed by atoms with Crippen LogP contribution in [0, 0.1) is 6.92 Å². The van der Waals surface area contributed by atoms with Gasteiger partial charge in [0.25, 0.3) is 0 Å². The van der Waals surface area contributed by atoms with Crippen molar-refractivity contribution in [1.29, 1.82) is 0 Å². The van der Waals surface area contributed by atoms with Gasteiger partial charge in [0.05, 0.1) is 0 Å². The molecular weight excluding hydrogens is 152 g/mol. The fraction of sp³-hybridized carbons (Fsp3) is 0.400. The molecule has 10 heavy (non-hydrogen) atoms. The highest BCUT2D eigenvalue weighted by atomic mass is 32.1. The summed E-state index contributed by atoms with van der Waals surface area (Å²) in [6, 6.07) is 0. The van der Waals surface area contributed by atoms with Gasteiger partial charge >= 0.3 is 11.2 Å². The number of hydrogen-bond acceptors (Lipinski definition) is 5. The normalized spacial score (nSPS) is 9.40. The van der Waals surface area contributed by atoms with Crippen LogP contribution in [0.25, 0.3) is 0 Å². The zero-order valence-electron chi connectivity index (χ0n) is 5.62. The topological polar surface area (TPSA) is 52.1 Å². The molecule has 5 heteroatoms. The number of carbonyl (C=O) groups excluding carboxylic acids is 1. The number of rotatable bonds is 1. The molecular formula is C5H6N2O2S. The Hall–Kier alpha value is -0.970. The first-order chi connectivity index (χ1) is 4.68. The molecule has 4 nitrogen and oxygen atoms in total. The van der Waals surface area contributed by atoms with Gasteiger partial charge in [-0.25, -0.2) is 0 Å². The van der Waals surface area contributed by atoms with Gasteiger partial charge in [0, 0.05) is 6.92 Å². The van der Waals surface area contributed by atoms with E-state index < -0.39 is 0 Å². The van der Waals surface area contributed by atoms with Crippen LogP contribution in [0.15, 0.2) is 0 Å². The highest BCUT2D eigenvalue weighted by molar-refractivity contribution is 7.13. The van der Waals surface area contributed by atoms with Crippen molar-refractivity contribution in [3.8, 4) is 5.19 Å². The van der Waals surface area contributed by atoms with Gasteiger partial charge in [-0.15, -0.1) is 5.10 Å². The largest absolute Gasteiger partial charge is 0.397 e. The Bertz CT molecular complexity index is 246. The van der Waals surface area contributed by atoms with Crippen molar-refractivity contribution in [2.75, 3.05) is 0 Å². The monoisotopic (exact) mass is 158 g/mol. The van der Waals surface area contributed by atoms with Gasteiger partial charge < -0.3 is 4.74 Å². The van der Waals surface area contributed by atoms with E-state index in [1.807, 2.05) is 0 Å². The van der Waals surface area contributed by atoms with Gasteiger partial charge in [0.15, 0.2) is 0 Å². The molecule has 0 aromatic carbocycles. The maximum Gasteiger partial charge on any atom is 0.309 e. The second kappa shape index (κ2) is 2.74. The molecule has 0 saturated carbocycles. The predicted molar refractivity (Wildman–Crippen MR) is 36.0 cm³/mol. The van der Waals surface area contributed by atoms with Gasteiger partial charge in [-0.2, -0.15) is 0 Å². The maximum absolute atomic E-state index is 10.3. The summed E-state index contributed by atoms with van der Waals surface area (Å²) in [6.45, 7) is 3.13. The minimum atomic E-state index is -0.365. The first kappa shape index (κ1) is 7.14. The van der Waals surface area contributed by atoms with Crippen LogP contribution in [0.4, 0.5) is 0 Å². The first-order valence-corrected chi connectivity index (χ1v) is 3.48. The summed E-state index contributed by atoms with van der Waals surface area (Å²) in [5.74, 6) is -0.365. The van der Waals surface area contributed by atoms with E-state index in [1.54, 1.807) is 6.92 Å². The molecule has 0 saturated heterocycles. The van der Waals surface area contributed by atoms with Crippen LogP contribution in [0.3, 0.4) is 0 Å². The zero-order chi connectivity index (χ0) is 7.56. The average molecular weight is 158 g/mol. The molecule has 1 heterocycles. The smallest absolute Gasteiger partial charge is 0.309 e. The minimum absolute atomic E-state index is 0.310. The molecule has 0 N–H and O–H groups in total. The van der Waals surface area contributed by atoms with Gasteiger partial charge in [-0.3, -0.25) is 4.79 Å². The number of aryl methyl sites for hydroxylation is 1. The molecule has 0 aliphatic carbocycles. The third kappa shape index (κ3) is 1.77. The SMILES string of the molecule is CC(=O)Oc1nnc(C)s1. The lowest BCUT2D eigenvalue weighted by Crippen LogP contribution is -2.00. The minimum Gasteiger partial charge on any atom is -0.397 e. The Morgan fingerprint density at radius 3 is 2.70 bits per heavy atom. The number of aromatic nitrogens is 2.